The molecule has 4 nitrogen and oxygen atoms in total. The lowest BCUT2D eigenvalue weighted by Gasteiger charge is -2.10. The van der Waals surface area contributed by atoms with Crippen molar-refractivity contribution in [1.29, 1.82) is 0 Å². The first-order valence-electron chi connectivity index (χ1n) is 5.66. The predicted molar refractivity (Wildman–Crippen MR) is 68.1 cm³/mol. The van der Waals surface area contributed by atoms with E-state index in [0.717, 1.165) is 30.2 Å². The molecule has 0 aliphatic heterocycles. The number of rotatable bonds is 5. The van der Waals surface area contributed by atoms with Crippen LogP contribution in [0.4, 0.5) is 0 Å². The van der Waals surface area contributed by atoms with Crippen molar-refractivity contribution in [3.8, 4) is 17.1 Å². The van der Waals surface area contributed by atoms with Gasteiger partial charge in [0.1, 0.15) is 11.6 Å². The van der Waals surface area contributed by atoms with Crippen molar-refractivity contribution >= 4 is 0 Å². The number of hydrogen-bond acceptors (Lipinski definition) is 3. The molecule has 0 fully saturated rings. The van der Waals surface area contributed by atoms with Crippen molar-refractivity contribution in [2.24, 2.45) is 0 Å². The summed E-state index contributed by atoms with van der Waals surface area (Å²) >= 11 is 0. The molecule has 2 aromatic rings. The highest BCUT2D eigenvalue weighted by atomic mass is 16.5. The third-order valence-corrected chi connectivity index (χ3v) is 2.67. The molecule has 2 rings (SSSR count). The second-order valence-corrected chi connectivity index (χ2v) is 3.75. The summed E-state index contributed by atoms with van der Waals surface area (Å²) in [5.74, 6) is 1.79. The normalized spacial score (nSPS) is 10.5. The van der Waals surface area contributed by atoms with Crippen molar-refractivity contribution in [2.45, 2.75) is 6.54 Å². The van der Waals surface area contributed by atoms with Crippen molar-refractivity contribution in [2.75, 3.05) is 20.7 Å². The van der Waals surface area contributed by atoms with Crippen LogP contribution in [-0.4, -0.2) is 30.3 Å². The van der Waals surface area contributed by atoms with Crippen molar-refractivity contribution < 1.29 is 4.74 Å². The van der Waals surface area contributed by atoms with Gasteiger partial charge < -0.3 is 14.6 Å². The Bertz CT molecular complexity index is 479. The van der Waals surface area contributed by atoms with Gasteiger partial charge in [0.2, 0.25) is 0 Å². The van der Waals surface area contributed by atoms with E-state index < -0.39 is 0 Å². The zero-order chi connectivity index (χ0) is 12.1. The van der Waals surface area contributed by atoms with E-state index in [-0.39, 0.29) is 0 Å². The zero-order valence-electron chi connectivity index (χ0n) is 10.2. The number of para-hydroxylation sites is 1. The van der Waals surface area contributed by atoms with E-state index in [9.17, 15) is 0 Å². The smallest absolute Gasteiger partial charge is 0.143 e. The number of imidazole rings is 1. The number of hydrogen-bond donors (Lipinski definition) is 1. The van der Waals surface area contributed by atoms with E-state index in [4.69, 9.17) is 4.74 Å². The van der Waals surface area contributed by atoms with Gasteiger partial charge in [0, 0.05) is 25.5 Å². The lowest BCUT2D eigenvalue weighted by molar-refractivity contribution is 0.416. The fraction of sp³-hybridized carbons (Fsp3) is 0.308. The second kappa shape index (κ2) is 5.50. The molecule has 0 amide bonds. The third kappa shape index (κ3) is 2.47. The Morgan fingerprint density at radius 2 is 2.18 bits per heavy atom. The molecule has 0 saturated heterocycles. The summed E-state index contributed by atoms with van der Waals surface area (Å²) < 4.78 is 7.48. The Morgan fingerprint density at radius 1 is 1.35 bits per heavy atom. The third-order valence-electron chi connectivity index (χ3n) is 2.67. The molecule has 1 N–H and O–H groups in total. The molecule has 0 spiro atoms. The highest BCUT2D eigenvalue weighted by Gasteiger charge is 2.10. The van der Waals surface area contributed by atoms with Crippen LogP contribution in [0.1, 0.15) is 0 Å². The Kier molecular flexibility index (Phi) is 3.77. The Balaban J connectivity index is 2.35. The molecule has 1 aromatic carbocycles. The molecule has 0 saturated carbocycles. The summed E-state index contributed by atoms with van der Waals surface area (Å²) in [4.78, 5) is 4.40. The number of nitrogens with zero attached hydrogens (tertiary/aromatic N) is 2. The standard InChI is InChI=1S/C13H17N3O/c1-14-7-9-16-10-8-15-13(16)11-5-3-4-6-12(11)17-2/h3-6,8,10,14H,7,9H2,1-2H3. The van der Waals surface area contributed by atoms with Gasteiger partial charge in [-0.05, 0) is 19.2 Å². The van der Waals surface area contributed by atoms with Gasteiger partial charge in [-0.25, -0.2) is 4.98 Å². The number of ether oxygens (including phenoxy) is 1. The molecule has 0 bridgehead atoms. The van der Waals surface area contributed by atoms with Gasteiger partial charge >= 0.3 is 0 Å². The number of methoxy groups -OCH3 is 1. The van der Waals surface area contributed by atoms with Crippen molar-refractivity contribution in [3.63, 3.8) is 0 Å². The highest BCUT2D eigenvalue weighted by molar-refractivity contribution is 5.64. The van der Waals surface area contributed by atoms with Gasteiger partial charge in [-0.15, -0.1) is 0 Å². The quantitative estimate of drug-likeness (QED) is 0.852. The van der Waals surface area contributed by atoms with Crippen LogP contribution in [0.2, 0.25) is 0 Å². The molecule has 17 heavy (non-hydrogen) atoms. The lowest BCUT2D eigenvalue weighted by atomic mass is 10.2. The SMILES string of the molecule is CNCCn1ccnc1-c1ccccc1OC. The van der Waals surface area contributed by atoms with Gasteiger partial charge in [-0.3, -0.25) is 0 Å². The van der Waals surface area contributed by atoms with Crippen LogP contribution in [0.25, 0.3) is 11.4 Å². The average Bonchev–Trinajstić information content (AvgIpc) is 2.84. The highest BCUT2D eigenvalue weighted by Crippen LogP contribution is 2.27. The van der Waals surface area contributed by atoms with E-state index in [1.165, 1.54) is 0 Å². The van der Waals surface area contributed by atoms with Crippen LogP contribution >= 0.6 is 0 Å². The summed E-state index contributed by atoms with van der Waals surface area (Å²) in [6.07, 6.45) is 3.80. The average molecular weight is 231 g/mol. The number of benzene rings is 1. The first-order chi connectivity index (χ1) is 8.36. The Morgan fingerprint density at radius 3 is 2.94 bits per heavy atom. The minimum Gasteiger partial charge on any atom is -0.496 e. The fourth-order valence-electron chi connectivity index (χ4n) is 1.80. The topological polar surface area (TPSA) is 39.1 Å². The molecule has 0 aliphatic carbocycles. The molecular formula is C13H17N3O. The van der Waals surface area contributed by atoms with Crippen LogP contribution < -0.4 is 10.1 Å². The molecular weight excluding hydrogens is 214 g/mol. The number of likely N-dealkylation sites (N-methyl/N-ethyl adjacent to an activating group) is 1. The Hall–Kier alpha value is -1.81. The van der Waals surface area contributed by atoms with Gasteiger partial charge in [0.05, 0.1) is 12.7 Å². The summed E-state index contributed by atoms with van der Waals surface area (Å²) in [5.41, 5.74) is 1.02. The molecule has 1 heterocycles. The second-order valence-electron chi connectivity index (χ2n) is 3.75. The van der Waals surface area contributed by atoms with Gasteiger partial charge in [0.15, 0.2) is 0 Å². The zero-order valence-corrected chi connectivity index (χ0v) is 10.2. The van der Waals surface area contributed by atoms with Crippen LogP contribution in [0, 0.1) is 0 Å². The fourth-order valence-corrected chi connectivity index (χ4v) is 1.80. The maximum Gasteiger partial charge on any atom is 0.143 e. The van der Waals surface area contributed by atoms with E-state index in [2.05, 4.69) is 14.9 Å². The van der Waals surface area contributed by atoms with Crippen LogP contribution in [-0.2, 0) is 6.54 Å². The maximum atomic E-state index is 5.36. The minimum absolute atomic E-state index is 0.851. The largest absolute Gasteiger partial charge is 0.496 e. The molecule has 0 radical (unpaired) electrons. The monoisotopic (exact) mass is 231 g/mol. The van der Waals surface area contributed by atoms with E-state index in [0.29, 0.717) is 0 Å². The summed E-state index contributed by atoms with van der Waals surface area (Å²) in [6.45, 7) is 1.81. The molecule has 90 valence electrons. The van der Waals surface area contributed by atoms with Gasteiger partial charge in [-0.2, -0.15) is 0 Å². The lowest BCUT2D eigenvalue weighted by Crippen LogP contribution is -2.15. The molecule has 1 aromatic heterocycles. The van der Waals surface area contributed by atoms with Crippen LogP contribution in [0.3, 0.4) is 0 Å². The first kappa shape index (κ1) is 11.7. The van der Waals surface area contributed by atoms with E-state index in [1.807, 2.05) is 43.7 Å². The van der Waals surface area contributed by atoms with Crippen LogP contribution in [0.5, 0.6) is 5.75 Å². The summed E-state index contributed by atoms with van der Waals surface area (Å²) in [5, 5.41) is 3.13. The van der Waals surface area contributed by atoms with Crippen LogP contribution in [0.15, 0.2) is 36.7 Å². The molecule has 0 atom stereocenters. The first-order valence-corrected chi connectivity index (χ1v) is 5.66. The number of nitrogens with one attached hydrogen (secondary N) is 1. The minimum atomic E-state index is 0.851. The van der Waals surface area contributed by atoms with Crippen molar-refractivity contribution in [3.05, 3.63) is 36.7 Å². The summed E-state index contributed by atoms with van der Waals surface area (Å²) in [6, 6.07) is 7.93. The van der Waals surface area contributed by atoms with E-state index >= 15 is 0 Å². The predicted octanol–water partition coefficient (Wildman–Crippen LogP) is 1.78. The van der Waals surface area contributed by atoms with Crippen molar-refractivity contribution in [1.82, 2.24) is 14.9 Å². The number of aromatic nitrogens is 2. The maximum absolute atomic E-state index is 5.36. The molecule has 4 heteroatoms. The Labute approximate surface area is 101 Å². The molecule has 0 aliphatic rings. The van der Waals surface area contributed by atoms with Gasteiger partial charge in [0.25, 0.3) is 0 Å². The van der Waals surface area contributed by atoms with Gasteiger partial charge in [-0.1, -0.05) is 12.1 Å². The molecule has 0 unspecified atom stereocenters. The van der Waals surface area contributed by atoms with E-state index in [1.54, 1.807) is 7.11 Å². The summed E-state index contributed by atoms with van der Waals surface area (Å²) in [7, 11) is 3.62.